The van der Waals surface area contributed by atoms with Gasteiger partial charge < -0.3 is 5.11 Å². The van der Waals surface area contributed by atoms with E-state index >= 15 is 0 Å². The van der Waals surface area contributed by atoms with Crippen molar-refractivity contribution in [1.82, 2.24) is 0 Å². The lowest BCUT2D eigenvalue weighted by molar-refractivity contribution is 0.299. The van der Waals surface area contributed by atoms with Crippen LogP contribution < -0.4 is 0 Å². The number of hydrogen-bond donors (Lipinski definition) is 1. The van der Waals surface area contributed by atoms with Crippen LogP contribution in [0.25, 0.3) is 6.08 Å². The Morgan fingerprint density at radius 3 is 2.69 bits per heavy atom. The first-order chi connectivity index (χ1) is 6.24. The number of aliphatic hydroxyl groups is 1. The van der Waals surface area contributed by atoms with Gasteiger partial charge in [-0.15, -0.1) is 0 Å². The van der Waals surface area contributed by atoms with Crippen molar-refractivity contribution in [3.8, 4) is 0 Å². The van der Waals surface area contributed by atoms with Crippen LogP contribution in [0.4, 0.5) is 0 Å². The Morgan fingerprint density at radius 2 is 2.08 bits per heavy atom. The van der Waals surface area contributed by atoms with Crippen LogP contribution in [0.1, 0.15) is 24.5 Å². The zero-order valence-corrected chi connectivity index (χ0v) is 8.25. The molecule has 0 saturated heterocycles. The standard InChI is InChI=1S/C12H16O/c1-10(7-8-13)9-12-6-4-3-5-11(12)2/h3-6,9,13H,7-8H2,1-2H3/b10-9+. The maximum absolute atomic E-state index is 8.74. The van der Waals surface area contributed by atoms with Gasteiger partial charge in [-0.05, 0) is 31.4 Å². The van der Waals surface area contributed by atoms with Gasteiger partial charge in [0, 0.05) is 6.61 Å². The molecule has 0 aliphatic heterocycles. The molecule has 1 heteroatoms. The van der Waals surface area contributed by atoms with Gasteiger partial charge in [0.25, 0.3) is 0 Å². The second-order valence-corrected chi connectivity index (χ2v) is 3.32. The molecule has 0 aromatic heterocycles. The average molecular weight is 176 g/mol. The number of aliphatic hydroxyl groups excluding tert-OH is 1. The van der Waals surface area contributed by atoms with Crippen LogP contribution in [0.3, 0.4) is 0 Å². The van der Waals surface area contributed by atoms with Crippen molar-refractivity contribution in [3.63, 3.8) is 0 Å². The largest absolute Gasteiger partial charge is 0.396 e. The highest BCUT2D eigenvalue weighted by molar-refractivity contribution is 5.55. The molecular formula is C12H16O. The molecule has 1 rings (SSSR count). The summed E-state index contributed by atoms with van der Waals surface area (Å²) in [6.45, 7) is 4.37. The first-order valence-corrected chi connectivity index (χ1v) is 4.57. The molecule has 1 N–H and O–H groups in total. The van der Waals surface area contributed by atoms with Gasteiger partial charge in [0.1, 0.15) is 0 Å². The number of hydrogen-bond acceptors (Lipinski definition) is 1. The van der Waals surface area contributed by atoms with Crippen LogP contribution in [0.5, 0.6) is 0 Å². The summed E-state index contributed by atoms with van der Waals surface area (Å²) in [4.78, 5) is 0. The smallest absolute Gasteiger partial charge is 0.0468 e. The predicted molar refractivity (Wildman–Crippen MR) is 56.5 cm³/mol. The minimum atomic E-state index is 0.230. The van der Waals surface area contributed by atoms with E-state index in [0.29, 0.717) is 0 Å². The molecule has 0 aliphatic rings. The Bertz CT molecular complexity index is 300. The summed E-state index contributed by atoms with van der Waals surface area (Å²) in [7, 11) is 0. The summed E-state index contributed by atoms with van der Waals surface area (Å²) in [6.07, 6.45) is 2.89. The van der Waals surface area contributed by atoms with E-state index in [9.17, 15) is 0 Å². The lowest BCUT2D eigenvalue weighted by Crippen LogP contribution is -1.85. The second-order valence-electron chi connectivity index (χ2n) is 3.32. The molecule has 0 unspecified atom stereocenters. The molecule has 13 heavy (non-hydrogen) atoms. The molecule has 70 valence electrons. The quantitative estimate of drug-likeness (QED) is 0.750. The van der Waals surface area contributed by atoms with Gasteiger partial charge >= 0.3 is 0 Å². The van der Waals surface area contributed by atoms with E-state index in [-0.39, 0.29) is 6.61 Å². The molecular weight excluding hydrogens is 160 g/mol. The Labute approximate surface area is 79.7 Å². The Balaban J connectivity index is 2.84. The van der Waals surface area contributed by atoms with E-state index in [1.807, 2.05) is 19.1 Å². The summed E-state index contributed by atoms with van der Waals surface area (Å²) in [5.74, 6) is 0. The van der Waals surface area contributed by atoms with Crippen molar-refractivity contribution in [3.05, 3.63) is 41.0 Å². The molecule has 0 fully saturated rings. The van der Waals surface area contributed by atoms with Gasteiger partial charge in [0.15, 0.2) is 0 Å². The first-order valence-electron chi connectivity index (χ1n) is 4.57. The summed E-state index contributed by atoms with van der Waals surface area (Å²) in [6, 6.07) is 8.26. The van der Waals surface area contributed by atoms with E-state index in [4.69, 9.17) is 5.11 Å². The molecule has 0 spiro atoms. The maximum atomic E-state index is 8.74. The molecule has 1 nitrogen and oxygen atoms in total. The topological polar surface area (TPSA) is 20.2 Å². The van der Waals surface area contributed by atoms with Crippen molar-refractivity contribution < 1.29 is 5.11 Å². The SMILES string of the molecule is C/C(=C\c1ccccc1C)CCO. The van der Waals surface area contributed by atoms with Gasteiger partial charge in [0.05, 0.1) is 0 Å². The minimum absolute atomic E-state index is 0.230. The molecule has 0 atom stereocenters. The normalized spacial score (nSPS) is 11.8. The number of rotatable bonds is 3. The van der Waals surface area contributed by atoms with Crippen molar-refractivity contribution in [1.29, 1.82) is 0 Å². The van der Waals surface area contributed by atoms with Crippen LogP contribution in [-0.2, 0) is 0 Å². The highest BCUT2D eigenvalue weighted by atomic mass is 16.2. The van der Waals surface area contributed by atoms with E-state index in [2.05, 4.69) is 25.1 Å². The van der Waals surface area contributed by atoms with Gasteiger partial charge in [-0.25, -0.2) is 0 Å². The third-order valence-corrected chi connectivity index (χ3v) is 2.10. The number of aryl methyl sites for hydroxylation is 1. The molecule has 0 aliphatic carbocycles. The monoisotopic (exact) mass is 176 g/mol. The van der Waals surface area contributed by atoms with Gasteiger partial charge in [0.2, 0.25) is 0 Å². The van der Waals surface area contributed by atoms with Crippen molar-refractivity contribution in [2.75, 3.05) is 6.61 Å². The molecule has 1 aromatic carbocycles. The predicted octanol–water partition coefficient (Wildman–Crippen LogP) is 2.78. The molecule has 0 bridgehead atoms. The van der Waals surface area contributed by atoms with Crippen LogP contribution in [0.2, 0.25) is 0 Å². The Morgan fingerprint density at radius 1 is 1.38 bits per heavy atom. The van der Waals surface area contributed by atoms with Gasteiger partial charge in [-0.1, -0.05) is 35.9 Å². The number of benzene rings is 1. The fourth-order valence-corrected chi connectivity index (χ4v) is 1.26. The summed E-state index contributed by atoms with van der Waals surface area (Å²) in [5.41, 5.74) is 3.74. The van der Waals surface area contributed by atoms with Crippen LogP contribution >= 0.6 is 0 Å². The molecule has 0 amide bonds. The van der Waals surface area contributed by atoms with Crippen molar-refractivity contribution >= 4 is 6.08 Å². The lowest BCUT2D eigenvalue weighted by atomic mass is 10.1. The average Bonchev–Trinajstić information content (AvgIpc) is 2.09. The molecule has 0 heterocycles. The van der Waals surface area contributed by atoms with Crippen molar-refractivity contribution in [2.24, 2.45) is 0 Å². The third-order valence-electron chi connectivity index (χ3n) is 2.10. The Kier molecular flexibility index (Phi) is 3.71. The first kappa shape index (κ1) is 10.0. The van der Waals surface area contributed by atoms with Crippen LogP contribution in [0, 0.1) is 6.92 Å². The summed E-state index contributed by atoms with van der Waals surface area (Å²) in [5, 5.41) is 8.74. The van der Waals surface area contributed by atoms with Crippen molar-refractivity contribution in [2.45, 2.75) is 20.3 Å². The summed E-state index contributed by atoms with van der Waals surface area (Å²) >= 11 is 0. The van der Waals surface area contributed by atoms with Crippen LogP contribution in [-0.4, -0.2) is 11.7 Å². The van der Waals surface area contributed by atoms with Gasteiger partial charge in [-0.2, -0.15) is 0 Å². The molecule has 1 aromatic rings. The fraction of sp³-hybridized carbons (Fsp3) is 0.333. The van der Waals surface area contributed by atoms with E-state index in [1.165, 1.54) is 16.7 Å². The highest BCUT2D eigenvalue weighted by Gasteiger charge is 1.93. The third kappa shape index (κ3) is 3.03. The zero-order valence-electron chi connectivity index (χ0n) is 8.25. The molecule has 0 radical (unpaired) electrons. The van der Waals surface area contributed by atoms with E-state index in [1.54, 1.807) is 0 Å². The highest BCUT2D eigenvalue weighted by Crippen LogP contribution is 2.12. The Hall–Kier alpha value is -1.08. The molecule has 0 saturated carbocycles. The van der Waals surface area contributed by atoms with E-state index in [0.717, 1.165) is 6.42 Å². The van der Waals surface area contributed by atoms with E-state index < -0.39 is 0 Å². The minimum Gasteiger partial charge on any atom is -0.396 e. The fourth-order valence-electron chi connectivity index (χ4n) is 1.26. The lowest BCUT2D eigenvalue weighted by Gasteiger charge is -2.01. The summed E-state index contributed by atoms with van der Waals surface area (Å²) < 4.78 is 0. The second kappa shape index (κ2) is 4.83. The van der Waals surface area contributed by atoms with Gasteiger partial charge in [-0.3, -0.25) is 0 Å². The van der Waals surface area contributed by atoms with Crippen LogP contribution in [0.15, 0.2) is 29.8 Å². The zero-order chi connectivity index (χ0) is 9.68. The maximum Gasteiger partial charge on any atom is 0.0468 e.